The molecule has 2 unspecified atom stereocenters. The summed E-state index contributed by atoms with van der Waals surface area (Å²) in [7, 11) is 0. The van der Waals surface area contributed by atoms with Crippen LogP contribution in [0.3, 0.4) is 0 Å². The molecule has 1 aromatic heterocycles. The minimum absolute atomic E-state index is 0.0643. The zero-order valence-corrected chi connectivity index (χ0v) is 19.1. The Morgan fingerprint density at radius 3 is 2.18 bits per heavy atom. The Hall–Kier alpha value is -1.93. The molecular formula is C20H15Cl2F4N3O4S. The van der Waals surface area contributed by atoms with Crippen molar-refractivity contribution in [2.75, 3.05) is 6.61 Å². The molecule has 7 nitrogen and oxygen atoms in total. The summed E-state index contributed by atoms with van der Waals surface area (Å²) < 4.78 is 60.9. The highest BCUT2D eigenvalue weighted by atomic mass is 35.5. The maximum absolute atomic E-state index is 13.7. The lowest BCUT2D eigenvalue weighted by Gasteiger charge is -2.41. The van der Waals surface area contributed by atoms with Gasteiger partial charge < -0.3 is 20.1 Å². The molecule has 1 aliphatic heterocycles. The molecule has 0 saturated carbocycles. The van der Waals surface area contributed by atoms with Crippen LogP contribution in [-0.2, 0) is 4.74 Å². The average molecular weight is 540 g/mol. The van der Waals surface area contributed by atoms with E-state index in [2.05, 4.69) is 10.3 Å². The van der Waals surface area contributed by atoms with Crippen molar-refractivity contribution in [3.63, 3.8) is 0 Å². The molecule has 0 spiro atoms. The van der Waals surface area contributed by atoms with Crippen LogP contribution in [-0.4, -0.2) is 60.7 Å². The SMILES string of the molecule is OCC1O[C@H](Sc2cc(Cl)c(F)c(Cl)c2)C(O)[C@@H](n2cc(-c3cc(F)c(F)c(F)c3)nn2)[C@H]1O. The van der Waals surface area contributed by atoms with Crippen molar-refractivity contribution < 1.29 is 37.6 Å². The second-order valence-corrected chi connectivity index (χ2v) is 9.34. The van der Waals surface area contributed by atoms with E-state index in [1.807, 2.05) is 0 Å². The summed E-state index contributed by atoms with van der Waals surface area (Å²) in [5, 5.41) is 38.4. The summed E-state index contributed by atoms with van der Waals surface area (Å²) in [6.07, 6.45) is -2.89. The van der Waals surface area contributed by atoms with Crippen LogP contribution in [0.25, 0.3) is 11.3 Å². The molecule has 0 aliphatic carbocycles. The summed E-state index contributed by atoms with van der Waals surface area (Å²) in [5.41, 5.74) is -1.29. The van der Waals surface area contributed by atoms with Crippen LogP contribution in [0.4, 0.5) is 17.6 Å². The number of hydrogen-bond acceptors (Lipinski definition) is 7. The molecule has 182 valence electrons. The fraction of sp³-hybridized carbons (Fsp3) is 0.300. The Morgan fingerprint density at radius 1 is 0.971 bits per heavy atom. The normalized spacial score (nSPS) is 25.0. The molecule has 2 aromatic carbocycles. The molecule has 4 rings (SSSR count). The first-order chi connectivity index (χ1) is 16.1. The highest BCUT2D eigenvalue weighted by molar-refractivity contribution is 7.99. The molecule has 0 radical (unpaired) electrons. The first-order valence-electron chi connectivity index (χ1n) is 9.61. The van der Waals surface area contributed by atoms with Gasteiger partial charge in [0.05, 0.1) is 22.8 Å². The van der Waals surface area contributed by atoms with Crippen LogP contribution in [0.1, 0.15) is 6.04 Å². The lowest BCUT2D eigenvalue weighted by atomic mass is 9.97. The number of aliphatic hydroxyl groups excluding tert-OH is 3. The molecule has 2 heterocycles. The Morgan fingerprint density at radius 2 is 1.59 bits per heavy atom. The van der Waals surface area contributed by atoms with Crippen LogP contribution in [0.5, 0.6) is 0 Å². The summed E-state index contributed by atoms with van der Waals surface area (Å²) in [5.74, 6) is -5.31. The number of nitrogens with zero attached hydrogens (tertiary/aromatic N) is 3. The van der Waals surface area contributed by atoms with Crippen molar-refractivity contribution in [2.45, 2.75) is 34.7 Å². The van der Waals surface area contributed by atoms with E-state index in [-0.39, 0.29) is 21.3 Å². The minimum atomic E-state index is -1.64. The quantitative estimate of drug-likeness (QED) is 0.336. The van der Waals surface area contributed by atoms with Gasteiger partial charge in [-0.25, -0.2) is 22.2 Å². The van der Waals surface area contributed by atoms with E-state index < -0.39 is 59.7 Å². The largest absolute Gasteiger partial charge is 0.394 e. The van der Waals surface area contributed by atoms with Gasteiger partial charge in [-0.15, -0.1) is 5.10 Å². The minimum Gasteiger partial charge on any atom is -0.394 e. The predicted molar refractivity (Wildman–Crippen MR) is 114 cm³/mol. The fourth-order valence-electron chi connectivity index (χ4n) is 3.47. The summed E-state index contributed by atoms with van der Waals surface area (Å²) in [6.45, 7) is -0.623. The fourth-order valence-corrected chi connectivity index (χ4v) is 5.23. The Bertz CT molecular complexity index is 1170. The van der Waals surface area contributed by atoms with Gasteiger partial charge in [0.2, 0.25) is 0 Å². The topological polar surface area (TPSA) is 101 Å². The van der Waals surface area contributed by atoms with Crippen LogP contribution >= 0.6 is 35.0 Å². The van der Waals surface area contributed by atoms with Crippen molar-refractivity contribution in [1.29, 1.82) is 0 Å². The molecule has 3 N–H and O–H groups in total. The molecule has 5 atom stereocenters. The van der Waals surface area contributed by atoms with Crippen molar-refractivity contribution in [3.05, 3.63) is 63.8 Å². The second kappa shape index (κ2) is 9.97. The maximum atomic E-state index is 13.7. The Labute approximate surface area is 203 Å². The van der Waals surface area contributed by atoms with Gasteiger partial charge in [-0.1, -0.05) is 40.2 Å². The lowest BCUT2D eigenvalue weighted by Crippen LogP contribution is -2.55. The van der Waals surface area contributed by atoms with Gasteiger partial charge in [0, 0.05) is 10.5 Å². The average Bonchev–Trinajstić information content (AvgIpc) is 3.27. The molecule has 3 aromatic rings. The smallest absolute Gasteiger partial charge is 0.194 e. The number of aliphatic hydroxyl groups is 3. The lowest BCUT2D eigenvalue weighted by molar-refractivity contribution is -0.178. The van der Waals surface area contributed by atoms with Gasteiger partial charge >= 0.3 is 0 Å². The molecule has 14 heteroatoms. The molecule has 1 saturated heterocycles. The van der Waals surface area contributed by atoms with Gasteiger partial charge in [0.1, 0.15) is 35.5 Å². The maximum Gasteiger partial charge on any atom is 0.194 e. The van der Waals surface area contributed by atoms with Gasteiger partial charge in [0.25, 0.3) is 0 Å². The third kappa shape index (κ3) is 4.76. The zero-order chi connectivity index (χ0) is 24.7. The van der Waals surface area contributed by atoms with Crippen molar-refractivity contribution in [3.8, 4) is 11.3 Å². The monoisotopic (exact) mass is 539 g/mol. The third-order valence-corrected chi connectivity index (χ3v) is 6.83. The molecule has 0 amide bonds. The van der Waals surface area contributed by atoms with Crippen molar-refractivity contribution >= 4 is 35.0 Å². The van der Waals surface area contributed by atoms with Crippen LogP contribution < -0.4 is 0 Å². The van der Waals surface area contributed by atoms with Gasteiger partial charge in [-0.05, 0) is 24.3 Å². The molecule has 0 bridgehead atoms. The summed E-state index contributed by atoms with van der Waals surface area (Å²) in [4.78, 5) is 0.337. The number of ether oxygens (including phenoxy) is 1. The molecule has 34 heavy (non-hydrogen) atoms. The highest BCUT2D eigenvalue weighted by Crippen LogP contribution is 2.40. The van der Waals surface area contributed by atoms with Crippen LogP contribution in [0.15, 0.2) is 35.4 Å². The standard InChI is InChI=1S/C20H15Cl2F4N3O4S/c21-9-3-8(4-10(22)15(9)25)34-20-19(32)17(18(31)14(6-30)33-20)29-5-13(27-28-29)7-1-11(23)16(26)12(24)2-7/h1-5,14,17-20,30-32H,6H2/t14?,17-,18-,19?,20+/m0/s1. The van der Waals surface area contributed by atoms with E-state index >= 15 is 0 Å². The zero-order valence-electron chi connectivity index (χ0n) is 16.7. The summed E-state index contributed by atoms with van der Waals surface area (Å²) >= 11 is 12.5. The second-order valence-electron chi connectivity index (χ2n) is 7.35. The van der Waals surface area contributed by atoms with Crippen molar-refractivity contribution in [2.24, 2.45) is 0 Å². The summed E-state index contributed by atoms with van der Waals surface area (Å²) in [6, 6.07) is 2.76. The van der Waals surface area contributed by atoms with Gasteiger partial charge in [-0.2, -0.15) is 0 Å². The molecular weight excluding hydrogens is 525 g/mol. The number of halogens is 6. The number of thioether (sulfide) groups is 1. The van der Waals surface area contributed by atoms with E-state index in [9.17, 15) is 32.9 Å². The van der Waals surface area contributed by atoms with E-state index in [1.165, 1.54) is 18.3 Å². The number of benzene rings is 2. The van der Waals surface area contributed by atoms with E-state index in [0.29, 0.717) is 4.90 Å². The number of aromatic nitrogens is 3. The third-order valence-electron chi connectivity index (χ3n) is 5.15. The Balaban J connectivity index is 1.64. The van der Waals surface area contributed by atoms with Crippen LogP contribution in [0, 0.1) is 23.3 Å². The number of hydrogen-bond donors (Lipinski definition) is 3. The molecule has 1 fully saturated rings. The van der Waals surface area contributed by atoms with Crippen molar-refractivity contribution in [1.82, 2.24) is 15.0 Å². The van der Waals surface area contributed by atoms with Gasteiger partial charge in [-0.3, -0.25) is 0 Å². The van der Waals surface area contributed by atoms with Gasteiger partial charge in [0.15, 0.2) is 23.3 Å². The first kappa shape index (κ1) is 25.2. The van der Waals surface area contributed by atoms with E-state index in [4.69, 9.17) is 27.9 Å². The van der Waals surface area contributed by atoms with Crippen LogP contribution in [0.2, 0.25) is 10.0 Å². The van der Waals surface area contributed by atoms with E-state index in [0.717, 1.165) is 28.6 Å². The Kier molecular flexibility index (Phi) is 7.38. The number of rotatable bonds is 5. The highest BCUT2D eigenvalue weighted by Gasteiger charge is 2.46. The van der Waals surface area contributed by atoms with E-state index in [1.54, 1.807) is 0 Å². The molecule has 1 aliphatic rings. The predicted octanol–water partition coefficient (Wildman–Crippen LogP) is 3.58. The first-order valence-corrected chi connectivity index (χ1v) is 11.2.